The zero-order valence-corrected chi connectivity index (χ0v) is 17.0. The second-order valence-corrected chi connectivity index (χ2v) is 7.57. The fourth-order valence-electron chi connectivity index (χ4n) is 2.74. The highest BCUT2D eigenvalue weighted by molar-refractivity contribution is 7.89. The maximum Gasteiger partial charge on any atom is 0.240 e. The van der Waals surface area contributed by atoms with Gasteiger partial charge >= 0.3 is 0 Å². The van der Waals surface area contributed by atoms with E-state index in [1.54, 1.807) is 45.4 Å². The summed E-state index contributed by atoms with van der Waals surface area (Å²) in [4.78, 5) is 0.191. The normalized spacial score (nSPS) is 11.1. The van der Waals surface area contributed by atoms with E-state index in [2.05, 4.69) is 4.72 Å². The molecule has 0 fully saturated rings. The summed E-state index contributed by atoms with van der Waals surface area (Å²) in [7, 11) is 2.54. The minimum Gasteiger partial charge on any atom is -0.497 e. The van der Waals surface area contributed by atoms with Gasteiger partial charge in [0.1, 0.15) is 11.5 Å². The molecule has 0 saturated heterocycles. The molecule has 0 aromatic heterocycles. The molecule has 0 atom stereocenters. The van der Waals surface area contributed by atoms with Gasteiger partial charge in [0.05, 0.1) is 33.3 Å². The number of hydrogen-bond acceptors (Lipinski definition) is 6. The number of sulfonamides is 1. The van der Waals surface area contributed by atoms with Gasteiger partial charge < -0.3 is 18.9 Å². The van der Waals surface area contributed by atoms with Gasteiger partial charge in [-0.25, -0.2) is 13.1 Å². The highest BCUT2D eigenvalue weighted by Crippen LogP contribution is 2.35. The van der Waals surface area contributed by atoms with Crippen LogP contribution in [-0.4, -0.2) is 43.4 Å². The molecule has 7 nitrogen and oxygen atoms in total. The summed E-state index contributed by atoms with van der Waals surface area (Å²) in [6.45, 7) is 1.99. The molecule has 0 amide bonds. The van der Waals surface area contributed by atoms with E-state index in [0.29, 0.717) is 29.4 Å². The summed E-state index contributed by atoms with van der Waals surface area (Å²) in [5.74, 6) is 2.33. The number of hydrogen-bond donors (Lipinski definition) is 1. The summed E-state index contributed by atoms with van der Waals surface area (Å²) in [5.41, 5.74) is 1.53. The van der Waals surface area contributed by atoms with Crippen molar-refractivity contribution in [2.24, 2.45) is 0 Å². The molecule has 2 aromatic rings. The standard InChI is InChI=1S/C19H25NO6S/c1-13-10-16(6-7-17(13)24-3)27(21,22)20-9-8-14-11-15(23-2)12-18(25-4)19(14)26-5/h6-7,10-12,20H,8-9H2,1-5H3. The molecule has 0 heterocycles. The number of aryl methyl sites for hydroxylation is 1. The average Bonchev–Trinajstić information content (AvgIpc) is 2.66. The van der Waals surface area contributed by atoms with E-state index in [1.165, 1.54) is 20.3 Å². The molecule has 148 valence electrons. The van der Waals surface area contributed by atoms with Crippen molar-refractivity contribution in [3.63, 3.8) is 0 Å². The molecule has 0 saturated carbocycles. The van der Waals surface area contributed by atoms with Crippen LogP contribution in [0.4, 0.5) is 0 Å². The molecular formula is C19H25NO6S. The van der Waals surface area contributed by atoms with Crippen LogP contribution in [0.25, 0.3) is 0 Å². The van der Waals surface area contributed by atoms with E-state index >= 15 is 0 Å². The smallest absolute Gasteiger partial charge is 0.240 e. The summed E-state index contributed by atoms with van der Waals surface area (Å²) in [6.07, 6.45) is 0.408. The Morgan fingerprint density at radius 2 is 1.59 bits per heavy atom. The molecule has 27 heavy (non-hydrogen) atoms. The maximum atomic E-state index is 12.5. The molecule has 0 aliphatic carbocycles. The van der Waals surface area contributed by atoms with E-state index in [1.807, 2.05) is 0 Å². The van der Waals surface area contributed by atoms with Crippen LogP contribution in [0.3, 0.4) is 0 Å². The maximum absolute atomic E-state index is 12.5. The Balaban J connectivity index is 2.16. The van der Waals surface area contributed by atoms with E-state index in [4.69, 9.17) is 18.9 Å². The van der Waals surface area contributed by atoms with Crippen molar-refractivity contribution < 1.29 is 27.4 Å². The van der Waals surface area contributed by atoms with Gasteiger partial charge in [0.15, 0.2) is 11.5 Å². The first-order chi connectivity index (χ1) is 12.9. The molecule has 0 radical (unpaired) electrons. The Hall–Kier alpha value is -2.45. The Morgan fingerprint density at radius 3 is 2.15 bits per heavy atom. The van der Waals surface area contributed by atoms with Crippen LogP contribution in [0.1, 0.15) is 11.1 Å². The molecule has 0 aliphatic rings. The van der Waals surface area contributed by atoms with Crippen LogP contribution in [0, 0.1) is 6.92 Å². The van der Waals surface area contributed by atoms with Gasteiger partial charge in [-0.05, 0) is 43.2 Å². The Labute approximate surface area is 160 Å². The molecule has 2 aromatic carbocycles. The first-order valence-electron chi connectivity index (χ1n) is 8.29. The van der Waals surface area contributed by atoms with Gasteiger partial charge in [0.25, 0.3) is 0 Å². The van der Waals surface area contributed by atoms with E-state index < -0.39 is 10.0 Å². The fraction of sp³-hybridized carbons (Fsp3) is 0.368. The van der Waals surface area contributed by atoms with Crippen molar-refractivity contribution in [1.82, 2.24) is 4.72 Å². The van der Waals surface area contributed by atoms with E-state index in [0.717, 1.165) is 11.1 Å². The third-order valence-electron chi connectivity index (χ3n) is 4.13. The third-order valence-corrected chi connectivity index (χ3v) is 5.59. The second kappa shape index (κ2) is 8.96. The minimum atomic E-state index is -3.64. The molecule has 0 spiro atoms. The van der Waals surface area contributed by atoms with Crippen LogP contribution in [0.5, 0.6) is 23.0 Å². The summed E-state index contributed by atoms with van der Waals surface area (Å²) in [6, 6.07) is 8.25. The highest BCUT2D eigenvalue weighted by Gasteiger charge is 2.17. The predicted molar refractivity (Wildman–Crippen MR) is 103 cm³/mol. The van der Waals surface area contributed by atoms with Crippen LogP contribution >= 0.6 is 0 Å². The second-order valence-electron chi connectivity index (χ2n) is 5.80. The Bertz CT molecular complexity index is 895. The lowest BCUT2D eigenvalue weighted by atomic mass is 10.1. The molecule has 0 aliphatic heterocycles. The fourth-order valence-corrected chi connectivity index (χ4v) is 3.86. The van der Waals surface area contributed by atoms with E-state index in [9.17, 15) is 8.42 Å². The zero-order chi connectivity index (χ0) is 20.0. The van der Waals surface area contributed by atoms with Crippen LogP contribution in [0.15, 0.2) is 35.2 Å². The van der Waals surface area contributed by atoms with Gasteiger partial charge in [-0.3, -0.25) is 0 Å². The molecule has 8 heteroatoms. The van der Waals surface area contributed by atoms with Crippen LogP contribution in [-0.2, 0) is 16.4 Å². The first-order valence-corrected chi connectivity index (χ1v) is 9.77. The lowest BCUT2D eigenvalue weighted by molar-refractivity contribution is 0.345. The molecule has 1 N–H and O–H groups in total. The summed E-state index contributed by atoms with van der Waals surface area (Å²) in [5, 5.41) is 0. The van der Waals surface area contributed by atoms with Crippen molar-refractivity contribution in [2.75, 3.05) is 35.0 Å². The number of ether oxygens (including phenoxy) is 4. The Kier molecular flexibility index (Phi) is 6.92. The monoisotopic (exact) mass is 395 g/mol. The van der Waals surface area contributed by atoms with Crippen molar-refractivity contribution in [3.05, 3.63) is 41.5 Å². The first kappa shape index (κ1) is 20.9. The molecule has 0 bridgehead atoms. The van der Waals surface area contributed by atoms with Gasteiger partial charge in [0, 0.05) is 18.2 Å². The van der Waals surface area contributed by atoms with Crippen molar-refractivity contribution in [1.29, 1.82) is 0 Å². The largest absolute Gasteiger partial charge is 0.497 e. The highest BCUT2D eigenvalue weighted by atomic mass is 32.2. The van der Waals surface area contributed by atoms with Gasteiger partial charge in [0.2, 0.25) is 10.0 Å². The van der Waals surface area contributed by atoms with Crippen molar-refractivity contribution >= 4 is 10.0 Å². The minimum absolute atomic E-state index is 0.191. The van der Waals surface area contributed by atoms with Crippen molar-refractivity contribution in [3.8, 4) is 23.0 Å². The molecule has 0 unspecified atom stereocenters. The SMILES string of the molecule is COc1cc(CCNS(=O)(=O)c2ccc(OC)c(C)c2)c(OC)c(OC)c1. The topological polar surface area (TPSA) is 83.1 Å². The number of rotatable bonds is 9. The van der Waals surface area contributed by atoms with Gasteiger partial charge in [-0.1, -0.05) is 0 Å². The summed E-state index contributed by atoms with van der Waals surface area (Å²) < 4.78 is 48.8. The molecular weight excluding hydrogens is 370 g/mol. The van der Waals surface area contributed by atoms with Gasteiger partial charge in [-0.2, -0.15) is 0 Å². The number of methoxy groups -OCH3 is 4. The van der Waals surface area contributed by atoms with E-state index in [-0.39, 0.29) is 11.4 Å². The lowest BCUT2D eigenvalue weighted by Gasteiger charge is -2.15. The van der Waals surface area contributed by atoms with Crippen LogP contribution < -0.4 is 23.7 Å². The van der Waals surface area contributed by atoms with Crippen molar-refractivity contribution in [2.45, 2.75) is 18.2 Å². The Morgan fingerprint density at radius 1 is 0.889 bits per heavy atom. The quantitative estimate of drug-likeness (QED) is 0.703. The van der Waals surface area contributed by atoms with Gasteiger partial charge in [-0.15, -0.1) is 0 Å². The predicted octanol–water partition coefficient (Wildman–Crippen LogP) is 2.55. The van der Waals surface area contributed by atoms with Crippen LogP contribution in [0.2, 0.25) is 0 Å². The number of nitrogens with one attached hydrogen (secondary N) is 1. The zero-order valence-electron chi connectivity index (χ0n) is 16.2. The summed E-state index contributed by atoms with van der Waals surface area (Å²) >= 11 is 0. The lowest BCUT2D eigenvalue weighted by Crippen LogP contribution is -2.26. The number of benzene rings is 2. The molecule has 2 rings (SSSR count). The average molecular weight is 395 g/mol. The third kappa shape index (κ3) is 4.84.